The van der Waals surface area contributed by atoms with Crippen LogP contribution in [0.2, 0.25) is 0 Å². The number of ether oxygens (including phenoxy) is 1. The van der Waals surface area contributed by atoms with E-state index in [0.29, 0.717) is 36.1 Å². The van der Waals surface area contributed by atoms with E-state index in [9.17, 15) is 14.4 Å². The SMILES string of the molecule is CCCCCC(OC1=CC(=O)C(=O)c2ccccc21)C(N)CCCCC(=O)O. The molecule has 0 saturated carbocycles. The summed E-state index contributed by atoms with van der Waals surface area (Å²) in [5.74, 6) is -1.53. The van der Waals surface area contributed by atoms with Crippen LogP contribution in [0.15, 0.2) is 30.3 Å². The van der Waals surface area contributed by atoms with Crippen molar-refractivity contribution in [1.29, 1.82) is 0 Å². The van der Waals surface area contributed by atoms with Gasteiger partial charge in [0.1, 0.15) is 11.9 Å². The summed E-state index contributed by atoms with van der Waals surface area (Å²) in [6.45, 7) is 2.12. The Balaban J connectivity index is 2.10. The third-order valence-corrected chi connectivity index (χ3v) is 4.95. The van der Waals surface area contributed by atoms with E-state index in [1.54, 1.807) is 24.3 Å². The van der Waals surface area contributed by atoms with Gasteiger partial charge in [0.2, 0.25) is 11.6 Å². The smallest absolute Gasteiger partial charge is 0.303 e. The number of hydrogen-bond donors (Lipinski definition) is 2. The molecule has 3 N–H and O–H groups in total. The minimum Gasteiger partial charge on any atom is -0.488 e. The number of Topliss-reactive ketones (excluding diaryl/α,β-unsaturated/α-hetero) is 1. The van der Waals surface area contributed by atoms with Crippen molar-refractivity contribution < 1.29 is 24.2 Å². The quantitative estimate of drug-likeness (QED) is 0.418. The largest absolute Gasteiger partial charge is 0.488 e. The Morgan fingerprint density at radius 2 is 1.75 bits per heavy atom. The fraction of sp³-hybridized carbons (Fsp3) is 0.500. The molecule has 2 unspecified atom stereocenters. The highest BCUT2D eigenvalue weighted by molar-refractivity contribution is 6.50. The van der Waals surface area contributed by atoms with E-state index in [4.69, 9.17) is 15.6 Å². The summed E-state index contributed by atoms with van der Waals surface area (Å²) in [5.41, 5.74) is 7.34. The van der Waals surface area contributed by atoms with Gasteiger partial charge in [0.05, 0.1) is 0 Å². The number of carbonyl (C=O) groups is 3. The predicted octanol–water partition coefficient (Wildman–Crippen LogP) is 3.73. The van der Waals surface area contributed by atoms with E-state index < -0.39 is 17.5 Å². The first kappa shape index (κ1) is 21.8. The molecular weight excluding hydrogens is 358 g/mol. The van der Waals surface area contributed by atoms with Crippen LogP contribution in [0, 0.1) is 0 Å². The number of carboxylic acid groups (broad SMARTS) is 1. The van der Waals surface area contributed by atoms with Crippen molar-refractivity contribution in [2.24, 2.45) is 5.73 Å². The molecule has 0 amide bonds. The highest BCUT2D eigenvalue weighted by Crippen LogP contribution is 2.29. The molecule has 0 aliphatic heterocycles. The highest BCUT2D eigenvalue weighted by atomic mass is 16.5. The third-order valence-electron chi connectivity index (χ3n) is 4.95. The second kappa shape index (κ2) is 10.8. The van der Waals surface area contributed by atoms with Gasteiger partial charge >= 0.3 is 5.97 Å². The van der Waals surface area contributed by atoms with E-state index in [0.717, 1.165) is 25.7 Å². The Morgan fingerprint density at radius 1 is 1.07 bits per heavy atom. The van der Waals surface area contributed by atoms with Gasteiger partial charge in [-0.05, 0) is 25.7 Å². The van der Waals surface area contributed by atoms with Gasteiger partial charge in [0, 0.05) is 29.7 Å². The lowest BCUT2D eigenvalue weighted by Crippen LogP contribution is -2.37. The summed E-state index contributed by atoms with van der Waals surface area (Å²) in [7, 11) is 0. The molecule has 152 valence electrons. The average molecular weight is 387 g/mol. The van der Waals surface area contributed by atoms with Crippen molar-refractivity contribution in [2.75, 3.05) is 0 Å². The minimum atomic E-state index is -0.809. The van der Waals surface area contributed by atoms with Gasteiger partial charge in [-0.3, -0.25) is 14.4 Å². The molecule has 6 heteroatoms. The van der Waals surface area contributed by atoms with Crippen molar-refractivity contribution in [1.82, 2.24) is 0 Å². The van der Waals surface area contributed by atoms with Crippen molar-refractivity contribution in [3.05, 3.63) is 41.5 Å². The number of fused-ring (bicyclic) bond motifs is 1. The summed E-state index contributed by atoms with van der Waals surface area (Å²) in [6.07, 6.45) is 6.83. The van der Waals surface area contributed by atoms with E-state index in [2.05, 4.69) is 6.92 Å². The highest BCUT2D eigenvalue weighted by Gasteiger charge is 2.29. The van der Waals surface area contributed by atoms with Crippen LogP contribution in [0.25, 0.3) is 5.76 Å². The summed E-state index contributed by atoms with van der Waals surface area (Å²) < 4.78 is 6.17. The van der Waals surface area contributed by atoms with E-state index in [-0.39, 0.29) is 18.6 Å². The number of unbranched alkanes of at least 4 members (excludes halogenated alkanes) is 3. The molecule has 6 nitrogen and oxygen atoms in total. The first-order valence-corrected chi connectivity index (χ1v) is 9.97. The maximum absolute atomic E-state index is 12.1. The van der Waals surface area contributed by atoms with Crippen molar-refractivity contribution in [3.63, 3.8) is 0 Å². The molecule has 0 heterocycles. The van der Waals surface area contributed by atoms with Gasteiger partial charge in [-0.2, -0.15) is 0 Å². The van der Waals surface area contributed by atoms with Crippen LogP contribution in [0.1, 0.15) is 74.2 Å². The van der Waals surface area contributed by atoms with Gasteiger partial charge in [-0.25, -0.2) is 0 Å². The van der Waals surface area contributed by atoms with Gasteiger partial charge in [-0.1, -0.05) is 50.5 Å². The molecule has 1 aliphatic carbocycles. The summed E-state index contributed by atoms with van der Waals surface area (Å²) in [5, 5.41) is 8.76. The number of carboxylic acids is 1. The van der Waals surface area contributed by atoms with Crippen LogP contribution in [-0.4, -0.2) is 34.8 Å². The lowest BCUT2D eigenvalue weighted by molar-refractivity contribution is -0.137. The number of rotatable bonds is 12. The standard InChI is InChI=1S/C22H29NO5/c1-2-3-4-12-19(17(23)11-7-8-13-21(25)26)28-20-14-18(24)22(27)16-10-6-5-9-15(16)20/h5-6,9-10,14,17,19H,2-4,7-8,11-13,23H2,1H3,(H,25,26). The number of hydrogen-bond acceptors (Lipinski definition) is 5. The lowest BCUT2D eigenvalue weighted by Gasteiger charge is -2.28. The molecule has 2 rings (SSSR count). The third kappa shape index (κ3) is 6.02. The zero-order chi connectivity index (χ0) is 20.5. The molecule has 1 aromatic carbocycles. The van der Waals surface area contributed by atoms with Crippen LogP contribution >= 0.6 is 0 Å². The summed E-state index contributed by atoms with van der Waals surface area (Å²) in [4.78, 5) is 34.8. The zero-order valence-electron chi connectivity index (χ0n) is 16.4. The van der Waals surface area contributed by atoms with Crippen LogP contribution in [0.4, 0.5) is 0 Å². The molecule has 0 saturated heterocycles. The molecular formula is C22H29NO5. The lowest BCUT2D eigenvalue weighted by atomic mass is 9.93. The number of carbonyl (C=O) groups excluding carboxylic acids is 2. The molecule has 28 heavy (non-hydrogen) atoms. The Kier molecular flexibility index (Phi) is 8.39. The van der Waals surface area contributed by atoms with E-state index in [1.807, 2.05) is 0 Å². The average Bonchev–Trinajstić information content (AvgIpc) is 2.68. The van der Waals surface area contributed by atoms with Gasteiger partial charge in [0.15, 0.2) is 0 Å². The van der Waals surface area contributed by atoms with Gasteiger partial charge in [-0.15, -0.1) is 0 Å². The molecule has 1 aromatic rings. The molecule has 2 atom stereocenters. The van der Waals surface area contributed by atoms with Crippen LogP contribution in [0.5, 0.6) is 0 Å². The Bertz CT molecular complexity index is 740. The molecule has 1 aliphatic rings. The molecule has 0 bridgehead atoms. The first-order chi connectivity index (χ1) is 13.4. The van der Waals surface area contributed by atoms with Crippen LogP contribution in [-0.2, 0) is 14.3 Å². The fourth-order valence-electron chi connectivity index (χ4n) is 3.35. The zero-order valence-corrected chi connectivity index (χ0v) is 16.4. The maximum atomic E-state index is 12.1. The number of ketones is 2. The molecule has 0 fully saturated rings. The second-order valence-electron chi connectivity index (χ2n) is 7.20. The normalized spacial score (nSPS) is 15.6. The summed E-state index contributed by atoms with van der Waals surface area (Å²) in [6, 6.07) is 6.65. The second-order valence-corrected chi connectivity index (χ2v) is 7.20. The predicted molar refractivity (Wildman–Crippen MR) is 107 cm³/mol. The number of benzene rings is 1. The number of aliphatic carboxylic acids is 1. The van der Waals surface area contributed by atoms with Crippen molar-refractivity contribution >= 4 is 23.3 Å². The Morgan fingerprint density at radius 3 is 2.43 bits per heavy atom. The van der Waals surface area contributed by atoms with E-state index in [1.165, 1.54) is 6.08 Å². The monoisotopic (exact) mass is 387 g/mol. The van der Waals surface area contributed by atoms with Gasteiger partial charge < -0.3 is 15.6 Å². The number of allylic oxidation sites excluding steroid dienone is 1. The Hall–Kier alpha value is -2.47. The molecule has 0 spiro atoms. The van der Waals surface area contributed by atoms with Crippen LogP contribution in [0.3, 0.4) is 0 Å². The molecule has 0 radical (unpaired) electrons. The fourth-order valence-corrected chi connectivity index (χ4v) is 3.35. The topological polar surface area (TPSA) is 107 Å². The van der Waals surface area contributed by atoms with Crippen molar-refractivity contribution in [2.45, 2.75) is 70.4 Å². The van der Waals surface area contributed by atoms with Gasteiger partial charge in [0.25, 0.3) is 0 Å². The first-order valence-electron chi connectivity index (χ1n) is 9.97. The van der Waals surface area contributed by atoms with E-state index >= 15 is 0 Å². The number of nitrogens with two attached hydrogens (primary N) is 1. The maximum Gasteiger partial charge on any atom is 0.303 e. The Labute approximate surface area is 165 Å². The van der Waals surface area contributed by atoms with Crippen molar-refractivity contribution in [3.8, 4) is 0 Å². The molecule has 0 aromatic heterocycles. The summed E-state index contributed by atoms with van der Waals surface area (Å²) >= 11 is 0. The van der Waals surface area contributed by atoms with Crippen LogP contribution < -0.4 is 5.73 Å². The minimum absolute atomic E-state index is 0.128.